The molecule has 2 aromatic carbocycles. The molecule has 0 bridgehead atoms. The zero-order valence-corrected chi connectivity index (χ0v) is 18.9. The summed E-state index contributed by atoms with van der Waals surface area (Å²) in [4.78, 5) is 12.1. The van der Waals surface area contributed by atoms with Gasteiger partial charge in [-0.15, -0.1) is 0 Å². The highest BCUT2D eigenvalue weighted by Gasteiger charge is 2.21. The summed E-state index contributed by atoms with van der Waals surface area (Å²) in [5.74, 6) is 0.973. The van der Waals surface area contributed by atoms with E-state index in [0.29, 0.717) is 36.0 Å². The Morgan fingerprint density at radius 1 is 1.20 bits per heavy atom. The number of rotatable bonds is 11. The van der Waals surface area contributed by atoms with Crippen molar-refractivity contribution >= 4 is 33.2 Å². The van der Waals surface area contributed by atoms with E-state index in [1.807, 2.05) is 31.2 Å². The van der Waals surface area contributed by atoms with Crippen molar-refractivity contribution < 1.29 is 22.7 Å². The largest absolute Gasteiger partial charge is 0.495 e. The number of nitrogens with zero attached hydrogens (tertiary/aromatic N) is 1. The Balaban J connectivity index is 1.84. The van der Waals surface area contributed by atoms with Crippen LogP contribution in [0, 0.1) is 6.92 Å². The zero-order chi connectivity index (χ0) is 22.1. The first-order valence-corrected chi connectivity index (χ1v) is 11.7. The summed E-state index contributed by atoms with van der Waals surface area (Å²) in [5.41, 5.74) is 1.45. The van der Waals surface area contributed by atoms with Gasteiger partial charge >= 0.3 is 0 Å². The van der Waals surface area contributed by atoms with Crippen LogP contribution in [0.3, 0.4) is 0 Å². The van der Waals surface area contributed by atoms with Gasteiger partial charge in [0.15, 0.2) is 0 Å². The highest BCUT2D eigenvalue weighted by atomic mass is 35.5. The van der Waals surface area contributed by atoms with Crippen LogP contribution in [-0.4, -0.2) is 47.4 Å². The summed E-state index contributed by atoms with van der Waals surface area (Å²) < 4.78 is 36.6. The highest BCUT2D eigenvalue weighted by Crippen LogP contribution is 2.32. The number of amides is 1. The van der Waals surface area contributed by atoms with Crippen LogP contribution >= 0.6 is 11.6 Å². The Kier molecular flexibility index (Phi) is 8.80. The van der Waals surface area contributed by atoms with E-state index in [9.17, 15) is 13.2 Å². The van der Waals surface area contributed by atoms with E-state index >= 15 is 0 Å². The Morgan fingerprint density at radius 2 is 1.97 bits per heavy atom. The summed E-state index contributed by atoms with van der Waals surface area (Å²) in [6.07, 6.45) is 1.63. The van der Waals surface area contributed by atoms with Gasteiger partial charge in [0.05, 0.1) is 25.6 Å². The fourth-order valence-electron chi connectivity index (χ4n) is 2.86. The van der Waals surface area contributed by atoms with Crippen LogP contribution in [0.25, 0.3) is 0 Å². The van der Waals surface area contributed by atoms with Crippen molar-refractivity contribution in [2.75, 3.05) is 37.4 Å². The Hall–Kier alpha value is -2.45. The van der Waals surface area contributed by atoms with E-state index in [4.69, 9.17) is 21.1 Å². The molecule has 2 aromatic rings. The molecule has 0 aliphatic carbocycles. The number of aryl methyl sites for hydroxylation is 1. The predicted molar refractivity (Wildman–Crippen MR) is 119 cm³/mol. The number of anilines is 1. The van der Waals surface area contributed by atoms with Crippen LogP contribution in [0.5, 0.6) is 11.5 Å². The van der Waals surface area contributed by atoms with Crippen molar-refractivity contribution in [2.24, 2.45) is 0 Å². The number of carbonyl (C=O) groups excluding carboxylic acids is 1. The SMILES string of the molecule is COc1ccc(Cl)cc1N(CCCC(=O)NCCOc1cccc(C)c1)S(C)(=O)=O. The van der Waals surface area contributed by atoms with Gasteiger partial charge in [-0.25, -0.2) is 8.42 Å². The number of sulfonamides is 1. The van der Waals surface area contributed by atoms with Gasteiger partial charge in [-0.3, -0.25) is 9.10 Å². The highest BCUT2D eigenvalue weighted by molar-refractivity contribution is 7.92. The van der Waals surface area contributed by atoms with Crippen molar-refractivity contribution in [3.05, 3.63) is 53.1 Å². The molecule has 0 saturated heterocycles. The molecule has 0 atom stereocenters. The number of methoxy groups -OCH3 is 1. The zero-order valence-electron chi connectivity index (χ0n) is 17.4. The van der Waals surface area contributed by atoms with Crippen LogP contribution in [0.1, 0.15) is 18.4 Å². The van der Waals surface area contributed by atoms with Crippen LogP contribution in [0.2, 0.25) is 5.02 Å². The predicted octanol–water partition coefficient (Wildman–Crippen LogP) is 3.40. The molecule has 0 aromatic heterocycles. The molecule has 9 heteroatoms. The lowest BCUT2D eigenvalue weighted by atomic mass is 10.2. The number of benzene rings is 2. The minimum absolute atomic E-state index is 0.128. The van der Waals surface area contributed by atoms with Crippen LogP contribution in [0.4, 0.5) is 5.69 Å². The van der Waals surface area contributed by atoms with Crippen LogP contribution < -0.4 is 19.1 Å². The topological polar surface area (TPSA) is 84.9 Å². The molecule has 7 nitrogen and oxygen atoms in total. The molecule has 0 aliphatic heterocycles. The van der Waals surface area contributed by atoms with Crippen molar-refractivity contribution in [1.82, 2.24) is 5.32 Å². The molecule has 0 spiro atoms. The second kappa shape index (κ2) is 11.1. The van der Waals surface area contributed by atoms with Gasteiger partial charge in [-0.05, 0) is 49.2 Å². The molecular weight excluding hydrogens is 428 g/mol. The fraction of sp³-hybridized carbons (Fsp3) is 0.381. The fourth-order valence-corrected chi connectivity index (χ4v) is 3.99. The second-order valence-electron chi connectivity index (χ2n) is 6.77. The normalized spacial score (nSPS) is 11.1. The van der Waals surface area contributed by atoms with Gasteiger partial charge in [0.2, 0.25) is 15.9 Å². The monoisotopic (exact) mass is 454 g/mol. The van der Waals surface area contributed by atoms with Gasteiger partial charge in [-0.2, -0.15) is 0 Å². The van der Waals surface area contributed by atoms with Gasteiger partial charge in [-0.1, -0.05) is 23.7 Å². The molecule has 0 unspecified atom stereocenters. The minimum atomic E-state index is -3.58. The lowest BCUT2D eigenvalue weighted by molar-refractivity contribution is -0.121. The smallest absolute Gasteiger partial charge is 0.232 e. The first-order valence-electron chi connectivity index (χ1n) is 9.48. The first kappa shape index (κ1) is 23.8. The van der Waals surface area contributed by atoms with Gasteiger partial charge in [0, 0.05) is 18.0 Å². The molecule has 30 heavy (non-hydrogen) atoms. The Labute approximate surface area is 183 Å². The number of hydrogen-bond donors (Lipinski definition) is 1. The maximum Gasteiger partial charge on any atom is 0.232 e. The third-order valence-corrected chi connectivity index (χ3v) is 5.67. The minimum Gasteiger partial charge on any atom is -0.495 e. The molecular formula is C21H27ClN2O5S. The third-order valence-electron chi connectivity index (χ3n) is 4.26. The van der Waals surface area contributed by atoms with E-state index in [1.165, 1.54) is 17.5 Å². The number of ether oxygens (including phenoxy) is 2. The van der Waals surface area contributed by atoms with Gasteiger partial charge in [0.25, 0.3) is 0 Å². The maximum atomic E-state index is 12.3. The van der Waals surface area contributed by atoms with Gasteiger partial charge < -0.3 is 14.8 Å². The van der Waals surface area contributed by atoms with Crippen molar-refractivity contribution in [3.63, 3.8) is 0 Å². The number of carbonyl (C=O) groups is 1. The molecule has 0 aliphatic rings. The Morgan fingerprint density at radius 3 is 2.63 bits per heavy atom. The summed E-state index contributed by atoms with van der Waals surface area (Å²) in [5, 5.41) is 3.17. The lowest BCUT2D eigenvalue weighted by Crippen LogP contribution is -2.33. The molecule has 0 radical (unpaired) electrons. The molecule has 1 N–H and O–H groups in total. The Bertz CT molecular complexity index is 966. The molecule has 1 amide bonds. The van der Waals surface area contributed by atoms with Crippen LogP contribution in [-0.2, 0) is 14.8 Å². The van der Waals surface area contributed by atoms with Crippen molar-refractivity contribution in [1.29, 1.82) is 0 Å². The molecule has 0 fully saturated rings. The van der Waals surface area contributed by atoms with Crippen molar-refractivity contribution in [2.45, 2.75) is 19.8 Å². The van der Waals surface area contributed by atoms with Crippen molar-refractivity contribution in [3.8, 4) is 11.5 Å². The van der Waals surface area contributed by atoms with Gasteiger partial charge in [0.1, 0.15) is 18.1 Å². The summed E-state index contributed by atoms with van der Waals surface area (Å²) in [7, 11) is -2.12. The summed E-state index contributed by atoms with van der Waals surface area (Å²) in [6.45, 7) is 2.82. The standard InChI is InChI=1S/C21H27ClN2O5S/c1-16-6-4-7-18(14-16)29-13-11-23-21(25)8-5-12-24(30(3,26)27)19-15-17(22)9-10-20(19)28-2/h4,6-7,9-10,14-15H,5,8,11-13H2,1-3H3,(H,23,25). The number of hydrogen-bond acceptors (Lipinski definition) is 5. The summed E-state index contributed by atoms with van der Waals surface area (Å²) >= 11 is 6.02. The lowest BCUT2D eigenvalue weighted by Gasteiger charge is -2.24. The number of halogens is 1. The quantitative estimate of drug-likeness (QED) is 0.526. The van der Waals surface area contributed by atoms with E-state index in [2.05, 4.69) is 5.32 Å². The van der Waals surface area contributed by atoms with E-state index in [-0.39, 0.29) is 18.9 Å². The molecule has 2 rings (SSSR count). The van der Waals surface area contributed by atoms with E-state index < -0.39 is 10.0 Å². The number of nitrogens with one attached hydrogen (secondary N) is 1. The second-order valence-corrected chi connectivity index (χ2v) is 9.11. The maximum absolute atomic E-state index is 12.3. The molecule has 0 saturated carbocycles. The average Bonchev–Trinajstić information content (AvgIpc) is 2.67. The van der Waals surface area contributed by atoms with E-state index in [0.717, 1.165) is 17.6 Å². The average molecular weight is 455 g/mol. The van der Waals surface area contributed by atoms with E-state index in [1.54, 1.807) is 12.1 Å². The third kappa shape index (κ3) is 7.42. The van der Waals surface area contributed by atoms with Crippen LogP contribution in [0.15, 0.2) is 42.5 Å². The molecule has 164 valence electrons. The first-order chi connectivity index (χ1) is 14.2. The summed E-state index contributed by atoms with van der Waals surface area (Å²) in [6, 6.07) is 12.4. The molecule has 0 heterocycles.